The number of alkyl halides is 3. The molecule has 0 radical (unpaired) electrons. The molecule has 1 aliphatic carbocycles. The Balaban J connectivity index is 0.00000192. The summed E-state index contributed by atoms with van der Waals surface area (Å²) in [6, 6.07) is 5.52. The van der Waals surface area contributed by atoms with Gasteiger partial charge in [0, 0.05) is 19.1 Å². The van der Waals surface area contributed by atoms with E-state index in [4.69, 9.17) is 5.73 Å². The third kappa shape index (κ3) is 3.72. The molecule has 1 heterocycles. The minimum absolute atomic E-state index is 0. The maximum absolute atomic E-state index is 12.5. The molecule has 8 heteroatoms. The molecule has 2 N–H and O–H groups in total. The molecule has 3 atom stereocenters. The number of benzene rings is 1. The number of hydrogen-bond acceptors (Lipinski definition) is 3. The second-order valence-corrected chi connectivity index (χ2v) is 5.92. The fourth-order valence-electron chi connectivity index (χ4n) is 3.50. The van der Waals surface area contributed by atoms with Crippen LogP contribution in [0, 0.1) is 11.8 Å². The summed E-state index contributed by atoms with van der Waals surface area (Å²) in [4.78, 5) is 14.1. The number of nitrogens with zero attached hydrogens (tertiary/aromatic N) is 1. The molecule has 0 aromatic heterocycles. The molecular weight excluding hydrogens is 333 g/mol. The van der Waals surface area contributed by atoms with E-state index in [0.29, 0.717) is 19.0 Å². The molecule has 0 spiro atoms. The van der Waals surface area contributed by atoms with Crippen molar-refractivity contribution in [2.75, 3.05) is 13.1 Å². The smallest absolute Gasteiger partial charge is 0.405 e. The van der Waals surface area contributed by atoms with E-state index in [1.165, 1.54) is 18.2 Å². The van der Waals surface area contributed by atoms with Crippen LogP contribution in [0.4, 0.5) is 13.2 Å². The monoisotopic (exact) mass is 350 g/mol. The van der Waals surface area contributed by atoms with Crippen LogP contribution in [-0.2, 0) is 0 Å². The molecule has 4 nitrogen and oxygen atoms in total. The molecule has 2 fully saturated rings. The maximum atomic E-state index is 12.5. The number of halogens is 4. The van der Waals surface area contributed by atoms with Crippen LogP contribution in [-0.4, -0.2) is 36.3 Å². The Morgan fingerprint density at radius 1 is 1.22 bits per heavy atom. The molecule has 1 saturated carbocycles. The molecule has 1 aromatic rings. The van der Waals surface area contributed by atoms with Crippen LogP contribution in [0.3, 0.4) is 0 Å². The number of carbonyl (C=O) groups is 1. The molecule has 1 aromatic carbocycles. The Hall–Kier alpha value is -1.47. The van der Waals surface area contributed by atoms with Crippen LogP contribution in [0.1, 0.15) is 23.2 Å². The molecule has 1 aliphatic heterocycles. The summed E-state index contributed by atoms with van der Waals surface area (Å²) in [5.74, 6) is -0.280. The van der Waals surface area contributed by atoms with E-state index in [9.17, 15) is 18.0 Å². The number of para-hydroxylation sites is 1. The van der Waals surface area contributed by atoms with Gasteiger partial charge in [-0.25, -0.2) is 0 Å². The highest BCUT2D eigenvalue weighted by atomic mass is 35.5. The Morgan fingerprint density at radius 3 is 2.57 bits per heavy atom. The molecule has 3 rings (SSSR count). The minimum atomic E-state index is -4.82. The Bertz CT molecular complexity index is 582. The van der Waals surface area contributed by atoms with Gasteiger partial charge in [0.25, 0.3) is 5.91 Å². The van der Waals surface area contributed by atoms with E-state index in [1.54, 1.807) is 4.90 Å². The van der Waals surface area contributed by atoms with Crippen molar-refractivity contribution in [2.45, 2.75) is 25.2 Å². The third-order valence-electron chi connectivity index (χ3n) is 4.54. The van der Waals surface area contributed by atoms with Crippen molar-refractivity contribution in [1.29, 1.82) is 0 Å². The standard InChI is InChI=1S/C15H17F3N2O2.ClH/c16-15(17,18)22-13-4-2-1-3-10(13)14(21)20-7-9-5-6-12(19)11(9)8-20;/h1-4,9,11-12H,5-8,19H2;1H. The predicted molar refractivity (Wildman–Crippen MR) is 80.5 cm³/mol. The lowest BCUT2D eigenvalue weighted by Gasteiger charge is -2.20. The molecule has 2 aliphatic rings. The molecule has 23 heavy (non-hydrogen) atoms. The van der Waals surface area contributed by atoms with Crippen molar-refractivity contribution in [2.24, 2.45) is 17.6 Å². The number of carbonyl (C=O) groups excluding carboxylic acids is 1. The number of fused-ring (bicyclic) bond motifs is 1. The average molecular weight is 351 g/mol. The Labute approximate surface area is 138 Å². The van der Waals surface area contributed by atoms with Crippen LogP contribution < -0.4 is 10.5 Å². The van der Waals surface area contributed by atoms with Gasteiger partial charge >= 0.3 is 6.36 Å². The lowest BCUT2D eigenvalue weighted by Crippen LogP contribution is -2.34. The summed E-state index contributed by atoms with van der Waals surface area (Å²) in [6.07, 6.45) is -2.90. The molecule has 128 valence electrons. The lowest BCUT2D eigenvalue weighted by molar-refractivity contribution is -0.274. The number of hydrogen-bond donors (Lipinski definition) is 1. The number of nitrogens with two attached hydrogens (primary N) is 1. The van der Waals surface area contributed by atoms with Crippen LogP contribution in [0.15, 0.2) is 24.3 Å². The fraction of sp³-hybridized carbons (Fsp3) is 0.533. The number of amides is 1. The van der Waals surface area contributed by atoms with Gasteiger partial charge in [0.15, 0.2) is 0 Å². The van der Waals surface area contributed by atoms with Crippen molar-refractivity contribution >= 4 is 18.3 Å². The highest BCUT2D eigenvalue weighted by Gasteiger charge is 2.43. The summed E-state index contributed by atoms with van der Waals surface area (Å²) < 4.78 is 41.3. The van der Waals surface area contributed by atoms with Gasteiger partial charge in [-0.1, -0.05) is 12.1 Å². The van der Waals surface area contributed by atoms with E-state index in [1.807, 2.05) is 0 Å². The van der Waals surface area contributed by atoms with Gasteiger partial charge in [-0.3, -0.25) is 4.79 Å². The maximum Gasteiger partial charge on any atom is 0.573 e. The van der Waals surface area contributed by atoms with E-state index < -0.39 is 18.0 Å². The van der Waals surface area contributed by atoms with Gasteiger partial charge in [-0.15, -0.1) is 25.6 Å². The quantitative estimate of drug-likeness (QED) is 0.892. The topological polar surface area (TPSA) is 55.6 Å². The van der Waals surface area contributed by atoms with Crippen molar-refractivity contribution in [3.8, 4) is 5.75 Å². The van der Waals surface area contributed by atoms with Crippen LogP contribution in [0.5, 0.6) is 5.75 Å². The first-order chi connectivity index (χ1) is 10.3. The van der Waals surface area contributed by atoms with Crippen molar-refractivity contribution in [3.05, 3.63) is 29.8 Å². The SMILES string of the molecule is Cl.NC1CCC2CN(C(=O)c3ccccc3OC(F)(F)F)CC12. The van der Waals surface area contributed by atoms with Crippen LogP contribution in [0.25, 0.3) is 0 Å². The summed E-state index contributed by atoms with van der Waals surface area (Å²) >= 11 is 0. The Morgan fingerprint density at radius 2 is 1.91 bits per heavy atom. The first-order valence-electron chi connectivity index (χ1n) is 7.25. The molecule has 1 saturated heterocycles. The van der Waals surface area contributed by atoms with E-state index >= 15 is 0 Å². The number of likely N-dealkylation sites (tertiary alicyclic amines) is 1. The van der Waals surface area contributed by atoms with Crippen molar-refractivity contribution in [1.82, 2.24) is 4.90 Å². The van der Waals surface area contributed by atoms with Crippen LogP contribution >= 0.6 is 12.4 Å². The first-order valence-corrected chi connectivity index (χ1v) is 7.25. The zero-order valence-corrected chi connectivity index (χ0v) is 13.1. The van der Waals surface area contributed by atoms with Gasteiger partial charge in [-0.2, -0.15) is 0 Å². The minimum Gasteiger partial charge on any atom is -0.405 e. The molecule has 1 amide bonds. The highest BCUT2D eigenvalue weighted by molar-refractivity contribution is 5.97. The van der Waals surface area contributed by atoms with Gasteiger partial charge in [0.1, 0.15) is 5.75 Å². The summed E-state index contributed by atoms with van der Waals surface area (Å²) in [6.45, 7) is 1.06. The zero-order chi connectivity index (χ0) is 15.9. The van der Waals surface area contributed by atoms with Crippen LogP contribution in [0.2, 0.25) is 0 Å². The summed E-state index contributed by atoms with van der Waals surface area (Å²) in [5.41, 5.74) is 5.96. The lowest BCUT2D eigenvalue weighted by atomic mass is 9.98. The second-order valence-electron chi connectivity index (χ2n) is 5.92. The highest BCUT2D eigenvalue weighted by Crippen LogP contribution is 2.38. The Kier molecular flexibility index (Phi) is 5.10. The molecule has 0 bridgehead atoms. The fourth-order valence-corrected chi connectivity index (χ4v) is 3.50. The molecular formula is C15H18ClF3N2O2. The van der Waals surface area contributed by atoms with Crippen molar-refractivity contribution in [3.63, 3.8) is 0 Å². The summed E-state index contributed by atoms with van der Waals surface area (Å²) in [5, 5.41) is 0. The average Bonchev–Trinajstić information content (AvgIpc) is 3.00. The van der Waals surface area contributed by atoms with E-state index in [2.05, 4.69) is 4.74 Å². The van der Waals surface area contributed by atoms with Gasteiger partial charge in [0.05, 0.1) is 5.56 Å². The largest absolute Gasteiger partial charge is 0.573 e. The predicted octanol–water partition coefficient (Wildman–Crippen LogP) is 2.82. The van der Waals surface area contributed by atoms with Gasteiger partial charge in [-0.05, 0) is 36.8 Å². The third-order valence-corrected chi connectivity index (χ3v) is 4.54. The first kappa shape index (κ1) is 17.9. The number of rotatable bonds is 2. The summed E-state index contributed by atoms with van der Waals surface area (Å²) in [7, 11) is 0. The zero-order valence-electron chi connectivity index (χ0n) is 12.3. The van der Waals surface area contributed by atoms with E-state index in [-0.39, 0.29) is 29.9 Å². The normalized spacial score (nSPS) is 26.6. The van der Waals surface area contributed by atoms with E-state index in [0.717, 1.165) is 18.9 Å². The second kappa shape index (κ2) is 6.57. The van der Waals surface area contributed by atoms with Crippen molar-refractivity contribution < 1.29 is 22.7 Å². The number of ether oxygens (including phenoxy) is 1. The van der Waals surface area contributed by atoms with Gasteiger partial charge < -0.3 is 15.4 Å². The molecule has 3 unspecified atom stereocenters. The van der Waals surface area contributed by atoms with Gasteiger partial charge in [0.2, 0.25) is 0 Å².